The molecule has 0 saturated heterocycles. The number of amides is 2. The number of benzene rings is 1. The number of para-hydroxylation sites is 1. The summed E-state index contributed by atoms with van der Waals surface area (Å²) < 4.78 is 7.30. The van der Waals surface area contributed by atoms with Gasteiger partial charge in [0.15, 0.2) is 0 Å². The number of hydrogen-bond donors (Lipinski definition) is 1. The number of aryl methyl sites for hydroxylation is 1. The van der Waals surface area contributed by atoms with Gasteiger partial charge in [0.1, 0.15) is 17.6 Å². The molecule has 0 aliphatic rings. The number of nitrogens with zero attached hydrogens (tertiary/aromatic N) is 4. The zero-order valence-corrected chi connectivity index (χ0v) is 14.9. The maximum absolute atomic E-state index is 12.6. The Hall–Kier alpha value is -3.01. The van der Waals surface area contributed by atoms with Crippen molar-refractivity contribution in [3.8, 4) is 11.8 Å². The highest BCUT2D eigenvalue weighted by molar-refractivity contribution is 5.75. The first-order chi connectivity index (χ1) is 12.0. The second-order valence-electron chi connectivity index (χ2n) is 5.93. The lowest BCUT2D eigenvalue weighted by atomic mass is 10.0. The zero-order valence-electron chi connectivity index (χ0n) is 14.9. The average Bonchev–Trinajstić information content (AvgIpc) is 3.04. The maximum atomic E-state index is 12.6. The van der Waals surface area contributed by atoms with Crippen LogP contribution in [-0.2, 0) is 7.05 Å². The van der Waals surface area contributed by atoms with E-state index < -0.39 is 6.04 Å². The lowest BCUT2D eigenvalue weighted by Gasteiger charge is -2.25. The highest BCUT2D eigenvalue weighted by atomic mass is 16.5. The minimum Gasteiger partial charge on any atom is -0.496 e. The molecule has 0 radical (unpaired) electrons. The first-order valence-electron chi connectivity index (χ1n) is 7.99. The number of carbonyl (C=O) groups excluding carboxylic acids is 1. The molecule has 2 rings (SSSR count). The van der Waals surface area contributed by atoms with E-state index in [2.05, 4.69) is 16.4 Å². The summed E-state index contributed by atoms with van der Waals surface area (Å²) >= 11 is 0. The topological polar surface area (TPSA) is 83.2 Å². The third-order valence-electron chi connectivity index (χ3n) is 3.95. The fourth-order valence-electron chi connectivity index (χ4n) is 2.61. The van der Waals surface area contributed by atoms with Crippen molar-refractivity contribution in [2.75, 3.05) is 20.7 Å². The van der Waals surface area contributed by atoms with Crippen LogP contribution in [0.5, 0.6) is 5.75 Å². The SMILES string of the molecule is COc1ccccc1[C@@H](NC(=O)N(C)C[C@H](C)C#N)c1nccn1C. The monoisotopic (exact) mass is 341 g/mol. The van der Waals surface area contributed by atoms with Gasteiger partial charge in [-0.3, -0.25) is 0 Å². The molecule has 2 aromatic rings. The van der Waals surface area contributed by atoms with Crippen molar-refractivity contribution < 1.29 is 9.53 Å². The maximum Gasteiger partial charge on any atom is 0.318 e. The van der Waals surface area contributed by atoms with Gasteiger partial charge in [0.25, 0.3) is 0 Å². The molecule has 7 nitrogen and oxygen atoms in total. The molecular weight excluding hydrogens is 318 g/mol. The molecule has 25 heavy (non-hydrogen) atoms. The number of carbonyl (C=O) groups is 1. The Kier molecular flexibility index (Phi) is 6.01. The molecular formula is C18H23N5O2. The van der Waals surface area contributed by atoms with Crippen LogP contribution in [-0.4, -0.2) is 41.2 Å². The van der Waals surface area contributed by atoms with Gasteiger partial charge in [0.05, 0.1) is 19.1 Å². The van der Waals surface area contributed by atoms with Crippen molar-refractivity contribution in [2.45, 2.75) is 13.0 Å². The molecule has 7 heteroatoms. The Balaban J connectivity index is 2.32. The molecule has 132 valence electrons. The van der Waals surface area contributed by atoms with Gasteiger partial charge in [-0.05, 0) is 13.0 Å². The van der Waals surface area contributed by atoms with Crippen LogP contribution >= 0.6 is 0 Å². The molecule has 1 heterocycles. The van der Waals surface area contributed by atoms with Gasteiger partial charge in [-0.2, -0.15) is 5.26 Å². The van der Waals surface area contributed by atoms with Gasteiger partial charge >= 0.3 is 6.03 Å². The molecule has 0 spiro atoms. The Morgan fingerprint density at radius 1 is 1.48 bits per heavy atom. The quantitative estimate of drug-likeness (QED) is 0.874. The summed E-state index contributed by atoms with van der Waals surface area (Å²) in [5.74, 6) is 1.12. The minimum absolute atomic E-state index is 0.242. The third-order valence-corrected chi connectivity index (χ3v) is 3.95. The number of hydrogen-bond acceptors (Lipinski definition) is 4. The number of nitrogens with one attached hydrogen (secondary N) is 1. The first-order valence-corrected chi connectivity index (χ1v) is 7.99. The number of urea groups is 1. The Morgan fingerprint density at radius 2 is 2.20 bits per heavy atom. The molecule has 0 fully saturated rings. The van der Waals surface area contributed by atoms with Crippen molar-refractivity contribution in [3.63, 3.8) is 0 Å². The fraction of sp³-hybridized carbons (Fsp3) is 0.389. The van der Waals surface area contributed by atoms with Gasteiger partial charge in [-0.15, -0.1) is 0 Å². The van der Waals surface area contributed by atoms with Crippen molar-refractivity contribution in [1.29, 1.82) is 5.26 Å². The van der Waals surface area contributed by atoms with E-state index in [0.717, 1.165) is 5.56 Å². The standard InChI is InChI=1S/C18H23N5O2/c1-13(11-19)12-23(3)18(24)21-16(17-20-9-10-22(17)2)14-7-5-6-8-15(14)25-4/h5-10,13,16H,12H2,1-4H3,(H,21,24)/t13-,16-/m1/s1. The number of imidazole rings is 1. The highest BCUT2D eigenvalue weighted by Crippen LogP contribution is 2.29. The molecule has 0 aliphatic carbocycles. The van der Waals surface area contributed by atoms with Crippen molar-refractivity contribution in [2.24, 2.45) is 13.0 Å². The van der Waals surface area contributed by atoms with Crippen LogP contribution in [0.3, 0.4) is 0 Å². The minimum atomic E-state index is -0.469. The summed E-state index contributed by atoms with van der Waals surface area (Å²) in [6, 6.07) is 8.90. The second-order valence-corrected chi connectivity index (χ2v) is 5.93. The highest BCUT2D eigenvalue weighted by Gasteiger charge is 2.25. The van der Waals surface area contributed by atoms with Crippen LogP contribution < -0.4 is 10.1 Å². The van der Waals surface area contributed by atoms with E-state index in [9.17, 15) is 4.79 Å². The molecule has 2 atom stereocenters. The van der Waals surface area contributed by atoms with Crippen molar-refractivity contribution >= 4 is 6.03 Å². The van der Waals surface area contributed by atoms with E-state index in [-0.39, 0.29) is 11.9 Å². The summed E-state index contributed by atoms with van der Waals surface area (Å²) in [4.78, 5) is 18.5. The molecule has 1 N–H and O–H groups in total. The molecule has 1 aromatic heterocycles. The molecule has 0 saturated carbocycles. The summed E-state index contributed by atoms with van der Waals surface area (Å²) in [6.07, 6.45) is 3.51. The van der Waals surface area contributed by atoms with Crippen LogP contribution in [0.1, 0.15) is 24.4 Å². The van der Waals surface area contributed by atoms with Crippen LogP contribution in [0, 0.1) is 17.2 Å². The third kappa shape index (κ3) is 4.29. The summed E-state index contributed by atoms with van der Waals surface area (Å²) in [7, 11) is 5.14. The molecule has 2 amide bonds. The van der Waals surface area contributed by atoms with Gasteiger partial charge in [-0.1, -0.05) is 18.2 Å². The number of methoxy groups -OCH3 is 1. The lowest BCUT2D eigenvalue weighted by Crippen LogP contribution is -2.42. The predicted octanol–water partition coefficient (Wildman–Crippen LogP) is 2.32. The molecule has 0 aliphatic heterocycles. The number of nitriles is 1. The number of rotatable bonds is 6. The summed E-state index contributed by atoms with van der Waals surface area (Å²) in [5.41, 5.74) is 0.814. The predicted molar refractivity (Wildman–Crippen MR) is 94.0 cm³/mol. The second kappa shape index (κ2) is 8.20. The van der Waals surface area contributed by atoms with Crippen LogP contribution in [0.2, 0.25) is 0 Å². The first kappa shape index (κ1) is 18.3. The molecule has 0 unspecified atom stereocenters. The zero-order chi connectivity index (χ0) is 18.4. The number of ether oxygens (including phenoxy) is 1. The smallest absolute Gasteiger partial charge is 0.318 e. The van der Waals surface area contributed by atoms with Gasteiger partial charge in [0.2, 0.25) is 0 Å². The van der Waals surface area contributed by atoms with E-state index in [4.69, 9.17) is 10.00 Å². The van der Waals surface area contributed by atoms with Crippen LogP contribution in [0.25, 0.3) is 0 Å². The molecule has 1 aromatic carbocycles. The average molecular weight is 341 g/mol. The van der Waals surface area contributed by atoms with E-state index in [1.54, 1.807) is 27.3 Å². The fourth-order valence-corrected chi connectivity index (χ4v) is 2.61. The summed E-state index contributed by atoms with van der Waals surface area (Å²) in [5, 5.41) is 11.9. The Labute approximate surface area is 147 Å². The summed E-state index contributed by atoms with van der Waals surface area (Å²) in [6.45, 7) is 2.13. The van der Waals surface area contributed by atoms with Crippen LogP contribution in [0.15, 0.2) is 36.7 Å². The molecule has 0 bridgehead atoms. The van der Waals surface area contributed by atoms with E-state index >= 15 is 0 Å². The largest absolute Gasteiger partial charge is 0.496 e. The van der Waals surface area contributed by atoms with Gasteiger partial charge < -0.3 is 19.5 Å². The Morgan fingerprint density at radius 3 is 2.80 bits per heavy atom. The van der Waals surface area contributed by atoms with Gasteiger partial charge in [0, 0.05) is 38.6 Å². The number of aromatic nitrogens is 2. The van der Waals surface area contributed by atoms with E-state index in [1.165, 1.54) is 4.90 Å². The van der Waals surface area contributed by atoms with Gasteiger partial charge in [-0.25, -0.2) is 9.78 Å². The van der Waals surface area contributed by atoms with Crippen LogP contribution in [0.4, 0.5) is 4.79 Å². The van der Waals surface area contributed by atoms with E-state index in [1.807, 2.05) is 42.1 Å². The Bertz CT molecular complexity index is 765. The van der Waals surface area contributed by atoms with Crippen molar-refractivity contribution in [1.82, 2.24) is 19.8 Å². The van der Waals surface area contributed by atoms with Crippen molar-refractivity contribution in [3.05, 3.63) is 48.0 Å². The lowest BCUT2D eigenvalue weighted by molar-refractivity contribution is 0.202. The van der Waals surface area contributed by atoms with E-state index in [0.29, 0.717) is 18.1 Å². The normalized spacial score (nSPS) is 12.8.